The molecule has 0 amide bonds. The fraction of sp³-hybridized carbons (Fsp3) is 0.386. The third-order valence-corrected chi connectivity index (χ3v) is 30.2. The van der Waals surface area contributed by atoms with Gasteiger partial charge in [0.1, 0.15) is 96.5 Å². The summed E-state index contributed by atoms with van der Waals surface area (Å²) < 4.78 is 130. The Labute approximate surface area is 825 Å². The van der Waals surface area contributed by atoms with Gasteiger partial charge in [-0.05, 0) is 177 Å². The molecule has 728 valence electrons. The molecule has 13 heterocycles. The van der Waals surface area contributed by atoms with Gasteiger partial charge in [0.15, 0.2) is 0 Å². The number of anilines is 6. The topological polar surface area (TPSA) is 183 Å². The summed E-state index contributed by atoms with van der Waals surface area (Å²) in [6.07, 6.45) is 3.71. The van der Waals surface area contributed by atoms with Crippen molar-refractivity contribution in [3.05, 3.63) is 366 Å². The van der Waals surface area contributed by atoms with Crippen LogP contribution in [0.15, 0.2) is 263 Å². The fourth-order valence-corrected chi connectivity index (χ4v) is 22.4. The monoisotopic (exact) mass is 1940 g/mol. The summed E-state index contributed by atoms with van der Waals surface area (Å²) in [5.41, 5.74) is 23.2. The number of nitrogens with one attached hydrogen (secondary N) is 6. The zero-order valence-electron chi connectivity index (χ0n) is 80.1. The average molecular weight is 1940 g/mol. The van der Waals surface area contributed by atoms with Crippen molar-refractivity contribution in [2.75, 3.05) is 124 Å². The van der Waals surface area contributed by atoms with Crippen molar-refractivity contribution >= 4 is 69.0 Å². The van der Waals surface area contributed by atoms with E-state index in [1.54, 1.807) is 47.0 Å². The predicted molar refractivity (Wildman–Crippen MR) is 544 cm³/mol. The molecule has 0 radical (unpaired) electrons. The lowest BCUT2D eigenvalue weighted by atomic mass is 9.81. The minimum atomic E-state index is -0.644. The van der Waals surface area contributed by atoms with E-state index < -0.39 is 23.8 Å². The molecule has 12 aliphatic heterocycles. The number of hydrogen-bond acceptors (Lipinski definition) is 21. The van der Waals surface area contributed by atoms with Crippen LogP contribution in [0, 0.1) is 23.3 Å². The van der Waals surface area contributed by atoms with Crippen molar-refractivity contribution < 1.29 is 74.4 Å². The Morgan fingerprint density at radius 3 is 1.00 bits per heavy atom. The van der Waals surface area contributed by atoms with Crippen LogP contribution in [0.4, 0.5) is 51.7 Å². The van der Waals surface area contributed by atoms with Gasteiger partial charge in [0.2, 0.25) is 0 Å². The third-order valence-electron chi connectivity index (χ3n) is 28.1. The number of thioether (sulfide) groups is 2. The molecule has 0 saturated carbocycles. The van der Waals surface area contributed by atoms with E-state index in [0.29, 0.717) is 102 Å². The van der Waals surface area contributed by atoms with Crippen LogP contribution in [-0.2, 0) is 68.7 Å². The molecule has 0 aliphatic carbocycles. The molecule has 18 atom stereocenters. The quantitative estimate of drug-likeness (QED) is 0.0531. The normalized spacial score (nSPS) is 26.2. The molecule has 6 fully saturated rings. The maximum Gasteiger partial charge on any atom is 0.131 e. The van der Waals surface area contributed by atoms with Gasteiger partial charge in [0.05, 0.1) is 116 Å². The van der Waals surface area contributed by atoms with Gasteiger partial charge in [0.25, 0.3) is 0 Å². The number of rotatable bonds is 11. The molecule has 25 heteroatoms. The molecule has 11 aromatic carbocycles. The van der Waals surface area contributed by atoms with Gasteiger partial charge >= 0.3 is 0 Å². The molecular weight excluding hydrogens is 1820 g/mol. The van der Waals surface area contributed by atoms with Crippen LogP contribution >= 0.6 is 34.9 Å². The lowest BCUT2D eigenvalue weighted by Gasteiger charge is -2.43. The highest BCUT2D eigenvalue weighted by Gasteiger charge is 2.49. The lowest BCUT2D eigenvalue weighted by molar-refractivity contribution is -0.151. The second-order valence-corrected chi connectivity index (χ2v) is 40.8. The van der Waals surface area contributed by atoms with E-state index in [0.717, 1.165) is 51.5 Å². The molecule has 1 aromatic heterocycles. The van der Waals surface area contributed by atoms with Gasteiger partial charge in [-0.3, -0.25) is 0 Å². The van der Waals surface area contributed by atoms with Crippen molar-refractivity contribution in [1.29, 1.82) is 0 Å². The number of hydrogen-bond donors (Lipinski definition) is 6. The molecule has 12 aromatic rings. The second kappa shape index (κ2) is 44.2. The molecule has 6 N–H and O–H groups in total. The number of thiophene rings is 1. The van der Waals surface area contributed by atoms with E-state index in [9.17, 15) is 17.6 Å². The molecule has 0 spiro atoms. The zero-order valence-corrected chi connectivity index (χ0v) is 82.6. The highest BCUT2D eigenvalue weighted by molar-refractivity contribution is 7.98. The van der Waals surface area contributed by atoms with Crippen LogP contribution < -0.4 is 31.9 Å². The van der Waals surface area contributed by atoms with E-state index in [4.69, 9.17) is 56.8 Å². The Morgan fingerprint density at radius 1 is 0.309 bits per heavy atom. The zero-order chi connectivity index (χ0) is 96.0. The minimum Gasteiger partial charge on any atom is -0.375 e. The first kappa shape index (κ1) is 97.7. The van der Waals surface area contributed by atoms with E-state index >= 15 is 0 Å². The largest absolute Gasteiger partial charge is 0.375 e. The maximum atomic E-state index is 14.4. The molecule has 24 rings (SSSR count). The molecular formula is C114H124F4N6O12S3. The molecule has 12 aliphatic rings. The Balaban J connectivity index is 0.000000107. The predicted octanol–water partition coefficient (Wildman–Crippen LogP) is 26.0. The lowest BCUT2D eigenvalue weighted by Crippen LogP contribution is -2.44. The van der Waals surface area contributed by atoms with Gasteiger partial charge in [-0.25, -0.2) is 17.6 Å². The number of aryl methyl sites for hydroxylation is 1. The van der Waals surface area contributed by atoms with Gasteiger partial charge in [-0.15, -0.1) is 23.5 Å². The van der Waals surface area contributed by atoms with Crippen molar-refractivity contribution in [3.63, 3.8) is 0 Å². The van der Waals surface area contributed by atoms with Crippen LogP contribution in [-0.4, -0.2) is 128 Å². The first-order chi connectivity index (χ1) is 67.7. The molecule has 0 bridgehead atoms. The van der Waals surface area contributed by atoms with E-state index in [1.165, 1.54) is 101 Å². The van der Waals surface area contributed by atoms with E-state index in [1.807, 2.05) is 48.5 Å². The van der Waals surface area contributed by atoms with Gasteiger partial charge in [0, 0.05) is 94.0 Å². The van der Waals surface area contributed by atoms with Crippen LogP contribution in [0.3, 0.4) is 0 Å². The molecule has 6 saturated heterocycles. The van der Waals surface area contributed by atoms with Crippen molar-refractivity contribution in [2.24, 2.45) is 0 Å². The number of ether oxygens (including phenoxy) is 12. The highest BCUT2D eigenvalue weighted by Crippen LogP contribution is 2.54. The van der Waals surface area contributed by atoms with Crippen LogP contribution in [0.2, 0.25) is 0 Å². The number of benzene rings is 11. The summed E-state index contributed by atoms with van der Waals surface area (Å²) >= 11 is 5.23. The summed E-state index contributed by atoms with van der Waals surface area (Å²) in [7, 11) is 0. The Hall–Kier alpha value is -10.1. The van der Waals surface area contributed by atoms with Crippen LogP contribution in [0.1, 0.15) is 229 Å². The van der Waals surface area contributed by atoms with Crippen LogP contribution in [0.25, 0.3) is 0 Å². The Morgan fingerprint density at radius 2 is 0.626 bits per heavy atom. The fourth-order valence-electron chi connectivity index (χ4n) is 20.9. The Kier molecular flexibility index (Phi) is 31.0. The summed E-state index contributed by atoms with van der Waals surface area (Å²) in [6, 6.07) is 78.7. The van der Waals surface area contributed by atoms with Crippen molar-refractivity contribution in [3.8, 4) is 0 Å². The summed E-state index contributed by atoms with van der Waals surface area (Å²) in [4.78, 5) is 2.51. The smallest absolute Gasteiger partial charge is 0.131 e. The molecule has 18 nitrogen and oxygen atoms in total. The SMILES string of the molecule is CC(C)(C)c1ccc2c(c1)C1OCCOC1C(c1c(F)cccc1F)N2.CC(C)c1ccc2c(c1)[C@@H]1OCCO[C@@H]1[C@@H](c1ccccc1F)N2.CC(C)c1ccc2c(c1)[C@H]1OCCO[C@H]1[C@H](c1ccccc1F)N2.CCc1ccc2c(c1)[C@H]1OCCO[C@H]1[C@H](c1ccsc1)N2.CSc1ccc2c(c1)C1OCCOC1C(c1ccccc1)N2.CSc1ccc2c(c1)[C@H]1OCCO[C@H]1[C@H](c1ccccc1)N2. The van der Waals surface area contributed by atoms with Gasteiger partial charge in [-0.2, -0.15) is 11.3 Å². The molecule has 6 unspecified atom stereocenters. The summed E-state index contributed by atoms with van der Waals surface area (Å²) in [6.45, 7) is 24.4. The van der Waals surface area contributed by atoms with Crippen LogP contribution in [0.5, 0.6) is 0 Å². The molecule has 139 heavy (non-hydrogen) atoms. The first-order valence-electron chi connectivity index (χ1n) is 48.7. The van der Waals surface area contributed by atoms with Gasteiger partial charge in [-0.1, -0.05) is 207 Å². The van der Waals surface area contributed by atoms with E-state index in [2.05, 4.69) is 262 Å². The minimum absolute atomic E-state index is 0.00134. The van der Waals surface area contributed by atoms with E-state index in [-0.39, 0.29) is 120 Å². The Bertz CT molecular complexity index is 5920. The second-order valence-electron chi connectivity index (χ2n) is 38.3. The first-order valence-corrected chi connectivity index (χ1v) is 52.1. The van der Waals surface area contributed by atoms with Crippen molar-refractivity contribution in [1.82, 2.24) is 0 Å². The standard InChI is InChI=1S/C21H23F2NO2.2C20H22FNO2.2C18H19NO2S.C17H19NO2S/c1-21(2,3)12-7-8-16-13(11-12)19-20(26-10-9-25-19)18(24-16)17-14(22)5-4-6-15(17)23;2*1-12(2)13-7-8-17-15(11-13)19-20(24-10-9-23-19)18(22-17)14-5-3-4-6-16(14)21;2*1-22-13-7-8-15-14(11-13)17-18(21-10-9-20-17)16(19-15)12-5-3-2-4-6-12;1-2-11-3-4-14-13(9-11)16-17(20-7-6-19-16)15(18-14)12-5-8-21-10-12/h4-8,11,18-20,24H,9-10H2,1-3H3;2*3-8,11-12,18-20,22H,9-10H2,1-2H3;2*2-8,11,16-19H,9-10H2,1H3;3-5,8-10,15-18H,2,6-7H2,1H3/t;2*18-,19+,20-;16-,17+,18-;;15-,16+,17-/m.100.0/s1. The average Bonchev–Trinajstić information content (AvgIpc) is 1.10. The third kappa shape index (κ3) is 21.2. The summed E-state index contributed by atoms with van der Waals surface area (Å²) in [5, 5.41) is 25.5. The van der Waals surface area contributed by atoms with Gasteiger partial charge < -0.3 is 88.7 Å². The number of halogens is 4. The summed E-state index contributed by atoms with van der Waals surface area (Å²) in [5.74, 6) is -0.698. The van der Waals surface area contributed by atoms with Crippen molar-refractivity contribution in [2.45, 2.75) is 198 Å². The highest BCUT2D eigenvalue weighted by atomic mass is 32.2. The number of fused-ring (bicyclic) bond motifs is 18. The maximum absolute atomic E-state index is 14.4.